The van der Waals surface area contributed by atoms with Gasteiger partial charge in [-0.1, -0.05) is 0 Å². The van der Waals surface area contributed by atoms with Crippen molar-refractivity contribution in [2.24, 2.45) is 5.92 Å². The molecule has 2 aromatic heterocycles. The predicted octanol–water partition coefficient (Wildman–Crippen LogP) is 1.96. The topological polar surface area (TPSA) is 71.8 Å². The van der Waals surface area contributed by atoms with E-state index >= 15 is 8.78 Å². The van der Waals surface area contributed by atoms with Gasteiger partial charge in [0.15, 0.2) is 5.65 Å². The van der Waals surface area contributed by atoms with Crippen LogP contribution >= 0.6 is 0 Å². The Morgan fingerprint density at radius 1 is 1.11 bits per heavy atom. The van der Waals surface area contributed by atoms with Crippen molar-refractivity contribution < 1.29 is 27.1 Å². The number of ether oxygens (including phenoxy) is 1. The number of carbonyl (C=O) groups is 1. The van der Waals surface area contributed by atoms with E-state index in [0.717, 1.165) is 12.8 Å². The molecule has 2 amide bonds. The lowest BCUT2D eigenvalue weighted by atomic mass is 9.43. The molecule has 3 heterocycles. The molecular weight excluding hydrogens is 486 g/mol. The summed E-state index contributed by atoms with van der Waals surface area (Å²) in [5, 5.41) is 0.156. The first-order chi connectivity index (χ1) is 17.2. The smallest absolute Gasteiger partial charge is 0.316 e. The van der Waals surface area contributed by atoms with Gasteiger partial charge >= 0.3 is 6.03 Å². The van der Waals surface area contributed by atoms with E-state index in [4.69, 9.17) is 36.1 Å². The standard InChI is InChI=1S/C22H23B4F4N5O2/c23-21(24)20(29,30)22(25,26)35(18(36)33-21)16(11-37-15-1-2-15)13-8-17-32-14(10-34(17)31-9-13)7-12-3-5-19(27,28)6-4-12/h8-10,12,15-16H,1-7,11H2,(H,33,36)/t16-/m1/s1. The number of hydrogen-bond donors (Lipinski definition) is 1. The number of aromatic nitrogens is 3. The van der Waals surface area contributed by atoms with Gasteiger partial charge in [-0.3, -0.25) is 0 Å². The van der Waals surface area contributed by atoms with Gasteiger partial charge in [-0.15, -0.1) is 0 Å². The van der Waals surface area contributed by atoms with Crippen LogP contribution in [-0.2, 0) is 11.2 Å². The molecule has 2 saturated carbocycles. The maximum absolute atomic E-state index is 15.1. The fraction of sp³-hybridized carbons (Fsp3) is 0.682. The van der Waals surface area contributed by atoms with Crippen LogP contribution < -0.4 is 5.32 Å². The molecule has 1 atom stereocenters. The van der Waals surface area contributed by atoms with Crippen molar-refractivity contribution in [3.05, 3.63) is 29.7 Å². The molecule has 8 radical (unpaired) electrons. The minimum atomic E-state index is -4.14. The molecule has 0 unspecified atom stereocenters. The maximum atomic E-state index is 15.1. The number of halogens is 4. The van der Waals surface area contributed by atoms with Crippen LogP contribution in [0.25, 0.3) is 5.65 Å². The van der Waals surface area contributed by atoms with Crippen molar-refractivity contribution in [2.45, 2.75) is 79.6 Å². The molecule has 2 aromatic rings. The van der Waals surface area contributed by atoms with Crippen LogP contribution in [0, 0.1) is 5.92 Å². The van der Waals surface area contributed by atoms with Gasteiger partial charge in [0.2, 0.25) is 5.92 Å². The van der Waals surface area contributed by atoms with E-state index < -0.39 is 34.6 Å². The minimum absolute atomic E-state index is 0.0680. The summed E-state index contributed by atoms with van der Waals surface area (Å²) in [4.78, 5) is 18.1. The number of urea groups is 1. The lowest BCUT2D eigenvalue weighted by molar-refractivity contribution is -0.109. The molecule has 2 aliphatic carbocycles. The summed E-state index contributed by atoms with van der Waals surface area (Å²) < 4.78 is 64.5. The highest BCUT2D eigenvalue weighted by atomic mass is 19.3. The molecule has 0 spiro atoms. The molecule has 37 heavy (non-hydrogen) atoms. The number of hydrogen-bond acceptors (Lipinski definition) is 4. The highest BCUT2D eigenvalue weighted by Gasteiger charge is 2.64. The molecule has 15 heteroatoms. The molecule has 1 saturated heterocycles. The van der Waals surface area contributed by atoms with Crippen LogP contribution in [0.1, 0.15) is 55.8 Å². The van der Waals surface area contributed by atoms with Crippen LogP contribution in [-0.4, -0.2) is 92.1 Å². The molecule has 3 fully saturated rings. The second-order valence-electron chi connectivity index (χ2n) is 10.4. The molecule has 0 bridgehead atoms. The fourth-order valence-corrected chi connectivity index (χ4v) is 4.97. The third-order valence-electron chi connectivity index (χ3n) is 7.39. The zero-order valence-electron chi connectivity index (χ0n) is 20.0. The lowest BCUT2D eigenvalue weighted by Gasteiger charge is -2.58. The van der Waals surface area contributed by atoms with Crippen molar-refractivity contribution in [2.75, 3.05) is 6.61 Å². The Morgan fingerprint density at radius 3 is 2.43 bits per heavy atom. The van der Waals surface area contributed by atoms with Gasteiger partial charge in [0.05, 0.1) is 68.2 Å². The lowest BCUT2D eigenvalue weighted by Crippen LogP contribution is -2.83. The predicted molar refractivity (Wildman–Crippen MR) is 129 cm³/mol. The Labute approximate surface area is 217 Å². The van der Waals surface area contributed by atoms with Crippen molar-refractivity contribution in [1.29, 1.82) is 0 Å². The summed E-state index contributed by atoms with van der Waals surface area (Å²) in [6, 6.07) is -0.695. The Bertz CT molecular complexity index is 1180. The number of rotatable bonds is 7. The fourth-order valence-electron chi connectivity index (χ4n) is 4.97. The second-order valence-corrected chi connectivity index (χ2v) is 10.4. The SMILES string of the molecule is [B]C1([B])NC(=O)N([C@H](COC2CC2)c2cnn3cc(CC4CCC(F)(F)CC4)nc3c2)C([B])([B])C1(F)F. The van der Waals surface area contributed by atoms with Gasteiger partial charge in [-0.25, -0.2) is 31.9 Å². The Kier molecular flexibility index (Phi) is 6.39. The van der Waals surface area contributed by atoms with Gasteiger partial charge in [0, 0.05) is 29.1 Å². The molecule has 0 aromatic carbocycles. The first kappa shape index (κ1) is 26.4. The van der Waals surface area contributed by atoms with Crippen molar-refractivity contribution in [1.82, 2.24) is 24.8 Å². The van der Waals surface area contributed by atoms with Gasteiger partial charge in [-0.2, -0.15) is 5.10 Å². The Morgan fingerprint density at radius 2 is 1.78 bits per heavy atom. The molecule has 188 valence electrons. The summed E-state index contributed by atoms with van der Waals surface area (Å²) in [6.07, 6.45) is 5.62. The first-order valence-electron chi connectivity index (χ1n) is 12.2. The number of amides is 2. The van der Waals surface area contributed by atoms with E-state index in [-0.39, 0.29) is 31.5 Å². The van der Waals surface area contributed by atoms with E-state index in [0.29, 0.717) is 41.1 Å². The number of nitrogens with one attached hydrogen (secondary N) is 1. The molecule has 1 aliphatic heterocycles. The number of alkyl halides is 4. The van der Waals surface area contributed by atoms with Crippen LogP contribution in [0.2, 0.25) is 0 Å². The van der Waals surface area contributed by atoms with Gasteiger partial charge in [0.1, 0.15) is 0 Å². The zero-order valence-corrected chi connectivity index (χ0v) is 20.0. The molecule has 7 nitrogen and oxygen atoms in total. The summed E-state index contributed by atoms with van der Waals surface area (Å²) in [5.41, 5.74) is 1.34. The molecule has 5 rings (SSSR count). The Balaban J connectivity index is 1.44. The molecule has 1 N–H and O–H groups in total. The molecule has 3 aliphatic rings. The zero-order chi connectivity index (χ0) is 26.8. The van der Waals surface area contributed by atoms with E-state index in [1.165, 1.54) is 10.7 Å². The highest BCUT2D eigenvalue weighted by molar-refractivity contribution is 6.48. The van der Waals surface area contributed by atoms with E-state index in [1.807, 2.05) is 5.32 Å². The molecular formula is C22H23B4F4N5O2. The summed E-state index contributed by atoms with van der Waals surface area (Å²) in [6.45, 7) is -0.186. The maximum Gasteiger partial charge on any atom is 0.316 e. The van der Waals surface area contributed by atoms with Crippen LogP contribution in [0.5, 0.6) is 0 Å². The van der Waals surface area contributed by atoms with E-state index in [2.05, 4.69) is 10.1 Å². The van der Waals surface area contributed by atoms with E-state index in [9.17, 15) is 13.6 Å². The second kappa shape index (κ2) is 8.95. The monoisotopic (exact) mass is 509 g/mol. The summed E-state index contributed by atoms with van der Waals surface area (Å²) in [7, 11) is 22.6. The van der Waals surface area contributed by atoms with Crippen molar-refractivity contribution in [3.63, 3.8) is 0 Å². The van der Waals surface area contributed by atoms with E-state index in [1.54, 1.807) is 12.3 Å². The average molecular weight is 509 g/mol. The highest BCUT2D eigenvalue weighted by Crippen LogP contribution is 2.44. The van der Waals surface area contributed by atoms with Crippen LogP contribution in [0.4, 0.5) is 22.4 Å². The summed E-state index contributed by atoms with van der Waals surface area (Å²) >= 11 is 0. The number of carbonyl (C=O) groups excluding carboxylic acids is 1. The average Bonchev–Trinajstić information content (AvgIpc) is 3.53. The van der Waals surface area contributed by atoms with Gasteiger partial charge in [-0.05, 0) is 44.1 Å². The first-order valence-corrected chi connectivity index (χ1v) is 12.2. The normalized spacial score (nSPS) is 25.6. The Hall–Kier alpha value is -2.17. The number of imidazole rings is 1. The number of fused-ring (bicyclic) bond motifs is 1. The van der Waals surface area contributed by atoms with Crippen molar-refractivity contribution in [3.8, 4) is 0 Å². The van der Waals surface area contributed by atoms with Gasteiger partial charge < -0.3 is 15.0 Å². The van der Waals surface area contributed by atoms with Crippen LogP contribution in [0.3, 0.4) is 0 Å². The minimum Gasteiger partial charge on any atom is -0.376 e. The van der Waals surface area contributed by atoms with Crippen molar-refractivity contribution >= 4 is 43.1 Å². The third kappa shape index (κ3) is 4.88. The van der Waals surface area contributed by atoms with Crippen LogP contribution in [0.15, 0.2) is 18.5 Å². The summed E-state index contributed by atoms with van der Waals surface area (Å²) in [5.74, 6) is -6.68. The largest absolute Gasteiger partial charge is 0.376 e. The van der Waals surface area contributed by atoms with Gasteiger partial charge in [0.25, 0.3) is 5.92 Å². The number of nitrogens with zero attached hydrogens (tertiary/aromatic N) is 4. The third-order valence-corrected chi connectivity index (χ3v) is 7.39. The quantitative estimate of drug-likeness (QED) is 0.459.